The predicted molar refractivity (Wildman–Crippen MR) is 69.5 cm³/mol. The number of nitrogens with zero attached hydrogens (tertiary/aromatic N) is 1. The third kappa shape index (κ3) is 2.94. The molecule has 0 radical (unpaired) electrons. The normalized spacial score (nSPS) is 31.3. The third-order valence-electron chi connectivity index (χ3n) is 3.47. The Labute approximate surface area is 114 Å². The molecule has 2 heterocycles. The largest absolute Gasteiger partial charge is 0.465 e. The van der Waals surface area contributed by atoms with Crippen LogP contribution in [0.2, 0.25) is 0 Å². The predicted octanol–water partition coefficient (Wildman–Crippen LogP) is -0.0480. The molecule has 2 aliphatic rings. The fourth-order valence-corrected chi connectivity index (χ4v) is 4.00. The lowest BCUT2D eigenvalue weighted by atomic mass is 10.00. The van der Waals surface area contributed by atoms with E-state index < -0.39 is 24.1 Å². The van der Waals surface area contributed by atoms with Crippen molar-refractivity contribution in [3.8, 4) is 0 Å². The lowest BCUT2D eigenvalue weighted by Crippen LogP contribution is -2.58. The van der Waals surface area contributed by atoms with Crippen LogP contribution in [0.1, 0.15) is 25.7 Å². The number of fused-ring (bicyclic) bond motifs is 1. The van der Waals surface area contributed by atoms with Crippen molar-refractivity contribution in [1.82, 2.24) is 10.2 Å². The van der Waals surface area contributed by atoms with E-state index in [4.69, 9.17) is 10.8 Å². The number of carbonyl (C=O) groups is 3. The number of nitrogens with one attached hydrogen (secondary N) is 1. The molecule has 3 amide bonds. The maximum Gasteiger partial charge on any atom is 0.405 e. The van der Waals surface area contributed by atoms with Crippen LogP contribution in [0.5, 0.6) is 0 Å². The fraction of sp³-hybridized carbons (Fsp3) is 0.727. The van der Waals surface area contributed by atoms with Gasteiger partial charge in [-0.2, -0.15) is 0 Å². The summed E-state index contributed by atoms with van der Waals surface area (Å²) in [5, 5.41) is 10.9. The van der Waals surface area contributed by atoms with E-state index >= 15 is 0 Å². The van der Waals surface area contributed by atoms with Gasteiger partial charge in [-0.05, 0) is 31.4 Å². The Kier molecular flexibility index (Phi) is 4.18. The standard InChI is InChI=1S/C11H17N3O4S/c12-9(15)7-2-1-3-8-14(7)10(16)6(4-5-19-8)13-11(17)18/h6-8,13H,1-5H2,(H2,12,15)(H,17,18)/t6-,7-,8-/m0/s1. The van der Waals surface area contributed by atoms with E-state index in [9.17, 15) is 14.4 Å². The highest BCUT2D eigenvalue weighted by atomic mass is 32.2. The van der Waals surface area contributed by atoms with E-state index in [-0.39, 0.29) is 11.3 Å². The van der Waals surface area contributed by atoms with E-state index in [0.29, 0.717) is 18.6 Å². The topological polar surface area (TPSA) is 113 Å². The zero-order valence-electron chi connectivity index (χ0n) is 10.4. The molecule has 3 atom stereocenters. The number of carbonyl (C=O) groups excluding carboxylic acids is 2. The van der Waals surface area contributed by atoms with E-state index in [0.717, 1.165) is 12.8 Å². The first-order valence-electron chi connectivity index (χ1n) is 6.23. The first-order chi connectivity index (χ1) is 9.00. The highest BCUT2D eigenvalue weighted by molar-refractivity contribution is 7.99. The lowest BCUT2D eigenvalue weighted by molar-refractivity contribution is -0.143. The van der Waals surface area contributed by atoms with E-state index in [1.165, 1.54) is 4.90 Å². The van der Waals surface area contributed by atoms with Crippen molar-refractivity contribution < 1.29 is 19.5 Å². The van der Waals surface area contributed by atoms with E-state index in [1.807, 2.05) is 0 Å². The number of amides is 3. The maximum atomic E-state index is 12.4. The summed E-state index contributed by atoms with van der Waals surface area (Å²) in [7, 11) is 0. The van der Waals surface area contributed by atoms with Crippen molar-refractivity contribution in [2.75, 3.05) is 5.75 Å². The van der Waals surface area contributed by atoms with Crippen molar-refractivity contribution in [3.05, 3.63) is 0 Å². The van der Waals surface area contributed by atoms with Crippen LogP contribution in [-0.4, -0.2) is 51.1 Å². The number of thioether (sulfide) groups is 1. The highest BCUT2D eigenvalue weighted by Gasteiger charge is 2.42. The van der Waals surface area contributed by atoms with Gasteiger partial charge in [0.2, 0.25) is 11.8 Å². The van der Waals surface area contributed by atoms with Gasteiger partial charge >= 0.3 is 6.09 Å². The summed E-state index contributed by atoms with van der Waals surface area (Å²) in [5.74, 6) is -0.168. The first-order valence-corrected chi connectivity index (χ1v) is 7.28. The van der Waals surface area contributed by atoms with Crippen molar-refractivity contribution in [2.24, 2.45) is 5.73 Å². The van der Waals surface area contributed by atoms with Crippen LogP contribution >= 0.6 is 11.8 Å². The van der Waals surface area contributed by atoms with Crippen molar-refractivity contribution in [2.45, 2.75) is 43.1 Å². The lowest BCUT2D eigenvalue weighted by Gasteiger charge is -2.40. The molecule has 2 rings (SSSR count). The average Bonchev–Trinajstić information content (AvgIpc) is 2.49. The molecule has 0 spiro atoms. The van der Waals surface area contributed by atoms with Gasteiger partial charge in [-0.3, -0.25) is 9.59 Å². The van der Waals surface area contributed by atoms with Crippen LogP contribution in [0.15, 0.2) is 0 Å². The van der Waals surface area contributed by atoms with Gasteiger partial charge in [0.05, 0.1) is 5.37 Å². The summed E-state index contributed by atoms with van der Waals surface area (Å²) in [6.07, 6.45) is 1.44. The number of rotatable bonds is 2. The molecule has 19 heavy (non-hydrogen) atoms. The number of hydrogen-bond donors (Lipinski definition) is 3. The number of piperidine rings is 1. The Bertz CT molecular complexity index is 403. The van der Waals surface area contributed by atoms with Gasteiger partial charge in [0, 0.05) is 0 Å². The number of primary amides is 1. The third-order valence-corrected chi connectivity index (χ3v) is 4.79. The Hall–Kier alpha value is -1.44. The molecule has 0 aromatic carbocycles. The second kappa shape index (κ2) is 5.68. The molecule has 0 aromatic rings. The monoisotopic (exact) mass is 287 g/mol. The summed E-state index contributed by atoms with van der Waals surface area (Å²) >= 11 is 1.59. The molecule has 0 unspecified atom stereocenters. The van der Waals surface area contributed by atoms with Crippen LogP contribution in [0.4, 0.5) is 4.79 Å². The van der Waals surface area contributed by atoms with Crippen LogP contribution in [-0.2, 0) is 9.59 Å². The maximum absolute atomic E-state index is 12.4. The van der Waals surface area contributed by atoms with Crippen molar-refractivity contribution >= 4 is 29.7 Å². The summed E-state index contributed by atoms with van der Waals surface area (Å²) in [4.78, 5) is 36.1. The SMILES string of the molecule is NC(=O)[C@@H]1CCC[C@@H]2SCC[C@H](NC(=O)O)C(=O)N21. The van der Waals surface area contributed by atoms with E-state index in [2.05, 4.69) is 5.32 Å². The van der Waals surface area contributed by atoms with Crippen LogP contribution in [0.3, 0.4) is 0 Å². The summed E-state index contributed by atoms with van der Waals surface area (Å²) in [6.45, 7) is 0. The van der Waals surface area contributed by atoms with Gasteiger partial charge in [-0.25, -0.2) is 4.79 Å². The molecule has 2 fully saturated rings. The van der Waals surface area contributed by atoms with Crippen LogP contribution < -0.4 is 11.1 Å². The second-order valence-corrected chi connectivity index (χ2v) is 6.00. The van der Waals surface area contributed by atoms with Gasteiger partial charge in [-0.15, -0.1) is 11.8 Å². The molecule has 8 heteroatoms. The molecule has 0 saturated carbocycles. The number of nitrogens with two attached hydrogens (primary N) is 1. The Morgan fingerprint density at radius 3 is 2.74 bits per heavy atom. The van der Waals surface area contributed by atoms with Crippen molar-refractivity contribution in [1.29, 1.82) is 0 Å². The first kappa shape index (κ1) is 14.0. The molecular weight excluding hydrogens is 270 g/mol. The van der Waals surface area contributed by atoms with Gasteiger partial charge < -0.3 is 21.1 Å². The van der Waals surface area contributed by atoms with Crippen LogP contribution in [0.25, 0.3) is 0 Å². The molecule has 7 nitrogen and oxygen atoms in total. The Morgan fingerprint density at radius 2 is 2.11 bits per heavy atom. The summed E-state index contributed by atoms with van der Waals surface area (Å²) < 4.78 is 0. The smallest absolute Gasteiger partial charge is 0.405 e. The minimum atomic E-state index is -1.23. The molecule has 2 aliphatic heterocycles. The minimum Gasteiger partial charge on any atom is -0.465 e. The Balaban J connectivity index is 2.22. The molecule has 106 valence electrons. The Morgan fingerprint density at radius 1 is 1.37 bits per heavy atom. The molecule has 0 aromatic heterocycles. The molecule has 0 aliphatic carbocycles. The average molecular weight is 287 g/mol. The summed E-state index contributed by atoms with van der Waals surface area (Å²) in [5.41, 5.74) is 5.36. The van der Waals surface area contributed by atoms with Gasteiger partial charge in [0.1, 0.15) is 12.1 Å². The quantitative estimate of drug-likeness (QED) is 0.659. The highest BCUT2D eigenvalue weighted by Crippen LogP contribution is 2.34. The number of carboxylic acid groups (broad SMARTS) is 1. The van der Waals surface area contributed by atoms with Crippen LogP contribution in [0, 0.1) is 0 Å². The van der Waals surface area contributed by atoms with Crippen molar-refractivity contribution in [3.63, 3.8) is 0 Å². The van der Waals surface area contributed by atoms with E-state index in [1.54, 1.807) is 11.8 Å². The zero-order chi connectivity index (χ0) is 14.0. The zero-order valence-corrected chi connectivity index (χ0v) is 11.2. The number of hydrogen-bond acceptors (Lipinski definition) is 4. The molecular formula is C11H17N3O4S. The van der Waals surface area contributed by atoms with Gasteiger partial charge in [0.15, 0.2) is 0 Å². The molecule has 0 bridgehead atoms. The fourth-order valence-electron chi connectivity index (χ4n) is 2.61. The summed E-state index contributed by atoms with van der Waals surface area (Å²) in [6, 6.07) is -1.40. The van der Waals surface area contributed by atoms with Gasteiger partial charge in [-0.1, -0.05) is 0 Å². The molecule has 4 N–H and O–H groups in total. The molecule has 2 saturated heterocycles. The second-order valence-electron chi connectivity index (χ2n) is 4.71. The minimum absolute atomic E-state index is 0.0701. The van der Waals surface area contributed by atoms with Gasteiger partial charge in [0.25, 0.3) is 0 Å².